The predicted molar refractivity (Wildman–Crippen MR) is 97.0 cm³/mol. The van der Waals surface area contributed by atoms with E-state index in [2.05, 4.69) is 52.7 Å². The Morgan fingerprint density at radius 2 is 2.16 bits per heavy atom. The highest BCUT2D eigenvalue weighted by Gasteiger charge is 2.15. The number of methoxy groups -OCH3 is 1. The molecule has 1 aromatic heterocycles. The summed E-state index contributed by atoms with van der Waals surface area (Å²) in [4.78, 5) is 20.0. The average Bonchev–Trinajstić information content (AvgIpc) is 2.61. The first-order valence-electron chi connectivity index (χ1n) is 7.02. The fourth-order valence-corrected chi connectivity index (χ4v) is 2.52. The van der Waals surface area contributed by atoms with Gasteiger partial charge in [0.1, 0.15) is 11.6 Å². The smallest absolute Gasteiger partial charge is 0.387 e. The van der Waals surface area contributed by atoms with Gasteiger partial charge in [-0.3, -0.25) is 0 Å². The number of halogens is 3. The molecule has 2 aromatic rings. The molecular formula is C15H15F2IN4O3. The summed E-state index contributed by atoms with van der Waals surface area (Å²) in [5.74, 6) is -0.0615. The monoisotopic (exact) mass is 464 g/mol. The molecule has 0 unspecified atom stereocenters. The topological polar surface area (TPSA) is 85.4 Å². The SMILES string of the molecule is CNc1nc(Nc2ccc(C(=O)OC)cc2OC(F)F)ncc1CI. The van der Waals surface area contributed by atoms with Crippen LogP contribution in [-0.2, 0) is 9.16 Å². The molecule has 0 spiro atoms. The molecule has 25 heavy (non-hydrogen) atoms. The van der Waals surface area contributed by atoms with Crippen molar-refractivity contribution in [3.05, 3.63) is 35.5 Å². The summed E-state index contributed by atoms with van der Waals surface area (Å²) < 4.78 is 35.1. The van der Waals surface area contributed by atoms with Crippen molar-refractivity contribution in [3.63, 3.8) is 0 Å². The molecule has 2 rings (SSSR count). The fraction of sp³-hybridized carbons (Fsp3) is 0.267. The van der Waals surface area contributed by atoms with Crippen LogP contribution in [0.3, 0.4) is 0 Å². The highest BCUT2D eigenvalue weighted by molar-refractivity contribution is 14.1. The van der Waals surface area contributed by atoms with E-state index in [9.17, 15) is 13.6 Å². The third-order valence-electron chi connectivity index (χ3n) is 3.11. The lowest BCUT2D eigenvalue weighted by atomic mass is 10.2. The van der Waals surface area contributed by atoms with Crippen LogP contribution in [0.15, 0.2) is 24.4 Å². The minimum Gasteiger partial charge on any atom is -0.465 e. The van der Waals surface area contributed by atoms with Gasteiger partial charge in [-0.05, 0) is 18.2 Å². The Bertz CT molecular complexity index is 762. The van der Waals surface area contributed by atoms with E-state index < -0.39 is 12.6 Å². The molecule has 0 fully saturated rings. The molecule has 0 aliphatic heterocycles. The van der Waals surface area contributed by atoms with Crippen LogP contribution in [0.4, 0.5) is 26.2 Å². The third kappa shape index (κ3) is 4.87. The zero-order valence-corrected chi connectivity index (χ0v) is 15.5. The molecule has 0 atom stereocenters. The Kier molecular flexibility index (Phi) is 6.67. The van der Waals surface area contributed by atoms with E-state index >= 15 is 0 Å². The van der Waals surface area contributed by atoms with Gasteiger partial charge in [-0.2, -0.15) is 13.8 Å². The van der Waals surface area contributed by atoms with Crippen LogP contribution in [0.2, 0.25) is 0 Å². The maximum absolute atomic E-state index is 12.7. The van der Waals surface area contributed by atoms with E-state index in [4.69, 9.17) is 0 Å². The van der Waals surface area contributed by atoms with Gasteiger partial charge in [0.15, 0.2) is 0 Å². The van der Waals surface area contributed by atoms with Crippen LogP contribution in [0.1, 0.15) is 15.9 Å². The van der Waals surface area contributed by atoms with Crippen LogP contribution in [0, 0.1) is 0 Å². The van der Waals surface area contributed by atoms with E-state index in [-0.39, 0.29) is 22.9 Å². The normalized spacial score (nSPS) is 10.5. The fourth-order valence-electron chi connectivity index (χ4n) is 1.97. The van der Waals surface area contributed by atoms with Gasteiger partial charge in [0.25, 0.3) is 0 Å². The molecule has 0 aliphatic rings. The van der Waals surface area contributed by atoms with Crippen LogP contribution < -0.4 is 15.4 Å². The maximum atomic E-state index is 12.7. The average molecular weight is 464 g/mol. The van der Waals surface area contributed by atoms with Crippen LogP contribution >= 0.6 is 22.6 Å². The number of ether oxygens (including phenoxy) is 2. The van der Waals surface area contributed by atoms with Gasteiger partial charge in [0.05, 0.1) is 18.4 Å². The predicted octanol–water partition coefficient (Wildman–Crippen LogP) is 3.58. The van der Waals surface area contributed by atoms with Gasteiger partial charge in [-0.25, -0.2) is 9.78 Å². The Morgan fingerprint density at radius 3 is 2.76 bits per heavy atom. The number of benzene rings is 1. The first-order valence-corrected chi connectivity index (χ1v) is 8.54. The maximum Gasteiger partial charge on any atom is 0.387 e. The number of alkyl halides is 3. The molecule has 0 saturated heterocycles. The van der Waals surface area contributed by atoms with Crippen molar-refractivity contribution in [3.8, 4) is 5.75 Å². The van der Waals surface area contributed by atoms with Gasteiger partial charge >= 0.3 is 12.6 Å². The van der Waals surface area contributed by atoms with Gasteiger partial charge in [-0.15, -0.1) is 0 Å². The van der Waals surface area contributed by atoms with E-state index in [1.54, 1.807) is 13.2 Å². The summed E-state index contributed by atoms with van der Waals surface area (Å²) >= 11 is 2.18. The van der Waals surface area contributed by atoms with Gasteiger partial charge in [0.2, 0.25) is 5.95 Å². The van der Waals surface area contributed by atoms with Crippen molar-refractivity contribution >= 4 is 46.0 Å². The number of carbonyl (C=O) groups is 1. The Hall–Kier alpha value is -2.24. The number of nitrogens with one attached hydrogen (secondary N) is 2. The van der Waals surface area contributed by atoms with E-state index in [1.165, 1.54) is 25.3 Å². The van der Waals surface area contributed by atoms with Crippen LogP contribution in [-0.4, -0.2) is 36.7 Å². The van der Waals surface area contributed by atoms with Gasteiger partial charge in [-0.1, -0.05) is 22.6 Å². The Morgan fingerprint density at radius 1 is 1.40 bits per heavy atom. The highest BCUT2D eigenvalue weighted by atomic mass is 127. The number of nitrogens with zero attached hydrogens (tertiary/aromatic N) is 2. The molecule has 0 aliphatic carbocycles. The molecule has 7 nitrogen and oxygen atoms in total. The molecule has 0 saturated carbocycles. The second kappa shape index (κ2) is 8.74. The Balaban J connectivity index is 2.36. The number of esters is 1. The van der Waals surface area contributed by atoms with Gasteiger partial charge < -0.3 is 20.1 Å². The number of anilines is 3. The second-order valence-corrected chi connectivity index (χ2v) is 5.42. The highest BCUT2D eigenvalue weighted by Crippen LogP contribution is 2.30. The van der Waals surface area contributed by atoms with E-state index in [0.717, 1.165) is 5.56 Å². The molecule has 0 amide bonds. The van der Waals surface area contributed by atoms with Crippen molar-refractivity contribution in [2.45, 2.75) is 11.0 Å². The first-order chi connectivity index (χ1) is 12.0. The second-order valence-electron chi connectivity index (χ2n) is 4.66. The largest absolute Gasteiger partial charge is 0.465 e. The lowest BCUT2D eigenvalue weighted by molar-refractivity contribution is -0.0494. The first kappa shape index (κ1) is 19.1. The van der Waals surface area contributed by atoms with E-state index in [0.29, 0.717) is 10.2 Å². The molecule has 134 valence electrons. The molecule has 10 heteroatoms. The molecule has 1 aromatic carbocycles. The summed E-state index contributed by atoms with van der Waals surface area (Å²) in [7, 11) is 2.92. The molecule has 0 radical (unpaired) electrons. The van der Waals surface area contributed by atoms with Crippen molar-refractivity contribution in [2.24, 2.45) is 0 Å². The standard InChI is InChI=1S/C15H15F2IN4O3/c1-19-12-9(6-18)7-20-15(22-12)21-10-4-3-8(13(23)24-2)5-11(10)25-14(16)17/h3-5,7,14H,6H2,1-2H3,(H2,19,20,21,22). The lowest BCUT2D eigenvalue weighted by Gasteiger charge is -2.14. The minimum absolute atomic E-state index is 0.0841. The molecule has 2 N–H and O–H groups in total. The van der Waals surface area contributed by atoms with Crippen molar-refractivity contribution in [1.82, 2.24) is 9.97 Å². The number of rotatable bonds is 7. The Labute approximate surface area is 156 Å². The quantitative estimate of drug-likeness (QED) is 0.368. The van der Waals surface area contributed by atoms with Crippen molar-refractivity contribution < 1.29 is 23.0 Å². The van der Waals surface area contributed by atoms with Crippen molar-refractivity contribution in [2.75, 3.05) is 24.8 Å². The summed E-state index contributed by atoms with van der Waals surface area (Å²) in [5.41, 5.74) is 1.18. The minimum atomic E-state index is -3.05. The van der Waals surface area contributed by atoms with E-state index in [1.807, 2.05) is 0 Å². The van der Waals surface area contributed by atoms with Gasteiger partial charge in [0, 0.05) is 23.2 Å². The molecular weight excluding hydrogens is 449 g/mol. The molecule has 0 bridgehead atoms. The number of hydrogen-bond acceptors (Lipinski definition) is 7. The van der Waals surface area contributed by atoms with Crippen LogP contribution in [0.5, 0.6) is 5.75 Å². The zero-order chi connectivity index (χ0) is 18.4. The van der Waals surface area contributed by atoms with Crippen LogP contribution in [0.25, 0.3) is 0 Å². The zero-order valence-electron chi connectivity index (χ0n) is 13.3. The third-order valence-corrected chi connectivity index (χ3v) is 3.93. The lowest BCUT2D eigenvalue weighted by Crippen LogP contribution is -2.09. The number of aromatic nitrogens is 2. The number of carbonyl (C=O) groups excluding carboxylic acids is 1. The summed E-state index contributed by atoms with van der Waals surface area (Å²) in [6.45, 7) is -3.05. The summed E-state index contributed by atoms with van der Waals surface area (Å²) in [6, 6.07) is 4.00. The summed E-state index contributed by atoms with van der Waals surface area (Å²) in [5, 5.41) is 5.76. The molecule has 1 heterocycles. The number of hydrogen-bond donors (Lipinski definition) is 2. The van der Waals surface area contributed by atoms with Crippen molar-refractivity contribution in [1.29, 1.82) is 0 Å². The summed E-state index contributed by atoms with van der Waals surface area (Å²) in [6.07, 6.45) is 1.63.